The maximum absolute atomic E-state index is 11.8. The molecule has 1 aromatic heterocycles. The molecule has 0 aliphatic heterocycles. The third-order valence-electron chi connectivity index (χ3n) is 4.29. The summed E-state index contributed by atoms with van der Waals surface area (Å²) >= 11 is 1.34. The molecule has 2 aromatic rings. The van der Waals surface area contributed by atoms with Gasteiger partial charge in [-0.3, -0.25) is 19.2 Å². The molecule has 0 saturated heterocycles. The zero-order chi connectivity index (χ0) is 26.0. The third-order valence-corrected chi connectivity index (χ3v) is 5.20. The van der Waals surface area contributed by atoms with Crippen LogP contribution in [0.5, 0.6) is 0 Å². The molecule has 0 fully saturated rings. The van der Waals surface area contributed by atoms with E-state index < -0.39 is 48.8 Å². The molecule has 3 atom stereocenters. The zero-order valence-corrected chi connectivity index (χ0v) is 20.8. The summed E-state index contributed by atoms with van der Waals surface area (Å²) in [4.78, 5) is 51.1. The van der Waals surface area contributed by atoms with Crippen molar-refractivity contribution in [1.29, 1.82) is 0 Å². The predicted molar refractivity (Wildman–Crippen MR) is 128 cm³/mol. The lowest BCUT2D eigenvalue weighted by atomic mass is 10.1. The molecular weight excluding hydrogens is 478 g/mol. The highest BCUT2D eigenvalue weighted by Crippen LogP contribution is 2.26. The minimum atomic E-state index is -1.34. The zero-order valence-electron chi connectivity index (χ0n) is 20.0. The molecule has 0 N–H and O–H groups in total. The Hall–Kier alpha value is -3.80. The molecule has 0 radical (unpaired) electrons. The molecule has 0 aliphatic rings. The molecular formula is C23H27N3O8S. The minimum Gasteiger partial charge on any atom is -0.462 e. The Morgan fingerprint density at radius 1 is 0.971 bits per heavy atom. The van der Waals surface area contributed by atoms with Gasteiger partial charge in [-0.2, -0.15) is 5.10 Å². The summed E-state index contributed by atoms with van der Waals surface area (Å²) in [6, 6.07) is 9.59. The average Bonchev–Trinajstić information content (AvgIpc) is 3.28. The molecule has 0 unspecified atom stereocenters. The van der Waals surface area contributed by atoms with Crippen LogP contribution >= 0.6 is 11.3 Å². The molecule has 188 valence electrons. The van der Waals surface area contributed by atoms with Crippen LogP contribution in [-0.2, 0) is 38.1 Å². The number of hydrazone groups is 1. The van der Waals surface area contributed by atoms with E-state index in [1.807, 2.05) is 35.7 Å². The lowest BCUT2D eigenvalue weighted by molar-refractivity contribution is -0.183. The smallest absolute Gasteiger partial charge is 0.303 e. The van der Waals surface area contributed by atoms with Crippen LogP contribution in [-0.4, -0.2) is 67.0 Å². The van der Waals surface area contributed by atoms with E-state index in [9.17, 15) is 19.2 Å². The van der Waals surface area contributed by atoms with E-state index in [1.165, 1.54) is 29.5 Å². The molecule has 11 nitrogen and oxygen atoms in total. The van der Waals surface area contributed by atoms with Gasteiger partial charge in [-0.25, -0.2) is 9.99 Å². The van der Waals surface area contributed by atoms with E-state index in [1.54, 1.807) is 7.05 Å². The highest BCUT2D eigenvalue weighted by molar-refractivity contribution is 7.14. The molecule has 0 saturated carbocycles. The first-order valence-corrected chi connectivity index (χ1v) is 11.4. The molecule has 12 heteroatoms. The first-order chi connectivity index (χ1) is 16.6. The van der Waals surface area contributed by atoms with Crippen molar-refractivity contribution < 1.29 is 38.1 Å². The summed E-state index contributed by atoms with van der Waals surface area (Å²) in [6.45, 7) is 4.18. The molecule has 0 amide bonds. The van der Waals surface area contributed by atoms with Crippen molar-refractivity contribution in [2.24, 2.45) is 5.10 Å². The number of hydrogen-bond donors (Lipinski definition) is 0. The highest BCUT2D eigenvalue weighted by Gasteiger charge is 2.37. The van der Waals surface area contributed by atoms with Crippen LogP contribution in [0.25, 0.3) is 11.3 Å². The Balaban J connectivity index is 2.31. The van der Waals surface area contributed by atoms with E-state index in [2.05, 4.69) is 10.1 Å². The van der Waals surface area contributed by atoms with Crippen LogP contribution in [0, 0.1) is 0 Å². The maximum atomic E-state index is 11.8. The standard InChI is InChI=1S/C23H27N3O8S/c1-14(27)31-12-21(33-16(3)29)22(34-17(4)30)20(32-15(2)28)11-24-26(5)23-25-19(13-35-23)18-9-7-6-8-10-18/h6-11,13,20-22H,12H2,1-5H3/b24-11-/t20-,21-,22+/m0/s1. The number of nitrogens with zero attached hydrogens (tertiary/aromatic N) is 3. The molecule has 0 bridgehead atoms. The Morgan fingerprint density at radius 3 is 2.17 bits per heavy atom. The topological polar surface area (TPSA) is 134 Å². The largest absolute Gasteiger partial charge is 0.462 e. The number of esters is 4. The Bertz CT molecular complexity index is 1060. The van der Waals surface area contributed by atoms with Gasteiger partial charge in [0.1, 0.15) is 6.61 Å². The van der Waals surface area contributed by atoms with E-state index >= 15 is 0 Å². The number of anilines is 1. The number of hydrogen-bond acceptors (Lipinski definition) is 12. The molecule has 0 aliphatic carbocycles. The number of carbonyl (C=O) groups is 4. The second kappa shape index (κ2) is 13.2. The van der Waals surface area contributed by atoms with Crippen molar-refractivity contribution in [3.63, 3.8) is 0 Å². The van der Waals surface area contributed by atoms with E-state index in [0.717, 1.165) is 32.0 Å². The molecule has 0 spiro atoms. The number of benzene rings is 1. The first-order valence-electron chi connectivity index (χ1n) is 10.5. The fourth-order valence-electron chi connectivity index (χ4n) is 2.90. The monoisotopic (exact) mass is 505 g/mol. The molecule has 2 rings (SSSR count). The van der Waals surface area contributed by atoms with Crippen molar-refractivity contribution in [3.8, 4) is 11.3 Å². The van der Waals surface area contributed by atoms with Gasteiger partial charge in [0.05, 0.1) is 11.9 Å². The Kier molecular flexibility index (Phi) is 10.3. The van der Waals surface area contributed by atoms with Crippen LogP contribution in [0.4, 0.5) is 5.13 Å². The maximum Gasteiger partial charge on any atom is 0.303 e. The number of aromatic nitrogens is 1. The second-order valence-electron chi connectivity index (χ2n) is 7.27. The van der Waals surface area contributed by atoms with Gasteiger partial charge < -0.3 is 18.9 Å². The van der Waals surface area contributed by atoms with Crippen LogP contribution < -0.4 is 5.01 Å². The average molecular weight is 506 g/mol. The van der Waals surface area contributed by atoms with Gasteiger partial charge in [0, 0.05) is 45.7 Å². The quantitative estimate of drug-likeness (QED) is 0.194. The number of rotatable bonds is 11. The van der Waals surface area contributed by atoms with Crippen LogP contribution in [0.1, 0.15) is 27.7 Å². The van der Waals surface area contributed by atoms with Crippen molar-refractivity contribution in [2.75, 3.05) is 18.7 Å². The fourth-order valence-corrected chi connectivity index (χ4v) is 3.65. The molecule has 35 heavy (non-hydrogen) atoms. The SMILES string of the molecule is CC(=O)OC[C@H](OC(C)=O)[C@H](OC(C)=O)[C@H](/C=N\N(C)c1nc(-c2ccccc2)cs1)OC(C)=O. The van der Waals surface area contributed by atoms with Gasteiger partial charge in [-0.15, -0.1) is 11.3 Å². The van der Waals surface area contributed by atoms with Crippen molar-refractivity contribution in [1.82, 2.24) is 4.98 Å². The third kappa shape index (κ3) is 9.16. The number of ether oxygens (including phenoxy) is 4. The fraction of sp³-hybridized carbons (Fsp3) is 0.391. The number of carbonyl (C=O) groups excluding carboxylic acids is 4. The van der Waals surface area contributed by atoms with Gasteiger partial charge in [0.2, 0.25) is 5.13 Å². The first kappa shape index (κ1) is 27.4. The summed E-state index contributed by atoms with van der Waals surface area (Å²) in [5.74, 6) is -2.79. The van der Waals surface area contributed by atoms with Crippen molar-refractivity contribution in [3.05, 3.63) is 35.7 Å². The summed E-state index contributed by atoms with van der Waals surface area (Å²) in [5, 5.41) is 8.15. The minimum absolute atomic E-state index is 0.429. The van der Waals surface area contributed by atoms with Gasteiger partial charge in [-0.1, -0.05) is 30.3 Å². The van der Waals surface area contributed by atoms with Gasteiger partial charge in [0.15, 0.2) is 18.3 Å². The lowest BCUT2D eigenvalue weighted by Gasteiger charge is -2.30. The van der Waals surface area contributed by atoms with Crippen LogP contribution in [0.2, 0.25) is 0 Å². The van der Waals surface area contributed by atoms with E-state index in [0.29, 0.717) is 5.13 Å². The Labute approximate surface area is 206 Å². The molecule has 1 heterocycles. The van der Waals surface area contributed by atoms with Gasteiger partial charge in [0.25, 0.3) is 0 Å². The summed E-state index contributed by atoms with van der Waals surface area (Å²) in [7, 11) is 1.64. The van der Waals surface area contributed by atoms with Crippen LogP contribution in [0.3, 0.4) is 0 Å². The van der Waals surface area contributed by atoms with Gasteiger partial charge >= 0.3 is 23.9 Å². The Morgan fingerprint density at radius 2 is 1.60 bits per heavy atom. The summed E-state index contributed by atoms with van der Waals surface area (Å²) < 4.78 is 20.8. The molecule has 1 aromatic carbocycles. The summed E-state index contributed by atoms with van der Waals surface area (Å²) in [6.07, 6.45) is -2.64. The lowest BCUT2D eigenvalue weighted by Crippen LogP contribution is -2.48. The van der Waals surface area contributed by atoms with Crippen molar-refractivity contribution in [2.45, 2.75) is 46.0 Å². The highest BCUT2D eigenvalue weighted by atomic mass is 32.1. The van der Waals surface area contributed by atoms with E-state index in [-0.39, 0.29) is 0 Å². The normalized spacial score (nSPS) is 13.4. The van der Waals surface area contributed by atoms with Crippen molar-refractivity contribution >= 4 is 46.6 Å². The second-order valence-corrected chi connectivity index (χ2v) is 8.10. The predicted octanol–water partition coefficient (Wildman–Crippen LogP) is 2.59. The summed E-state index contributed by atoms with van der Waals surface area (Å²) in [5.41, 5.74) is 1.70. The number of thiazole rings is 1. The van der Waals surface area contributed by atoms with E-state index in [4.69, 9.17) is 18.9 Å². The van der Waals surface area contributed by atoms with Gasteiger partial charge in [-0.05, 0) is 0 Å². The van der Waals surface area contributed by atoms with Crippen LogP contribution in [0.15, 0.2) is 40.8 Å².